The van der Waals surface area contributed by atoms with E-state index in [4.69, 9.17) is 0 Å². The van der Waals surface area contributed by atoms with Crippen molar-refractivity contribution in [1.29, 1.82) is 0 Å². The van der Waals surface area contributed by atoms with Gasteiger partial charge in [0.2, 0.25) is 5.91 Å². The van der Waals surface area contributed by atoms with Crippen molar-refractivity contribution in [3.05, 3.63) is 0 Å². The molecule has 3 fully saturated rings. The van der Waals surface area contributed by atoms with Gasteiger partial charge in [0.1, 0.15) is 0 Å². The highest BCUT2D eigenvalue weighted by molar-refractivity contribution is 5.79. The summed E-state index contributed by atoms with van der Waals surface area (Å²) in [5, 5.41) is 0. The third-order valence-corrected chi connectivity index (χ3v) is 5.40. The fourth-order valence-electron chi connectivity index (χ4n) is 3.96. The fourth-order valence-corrected chi connectivity index (χ4v) is 3.96. The Morgan fingerprint density at radius 3 is 2.35 bits per heavy atom. The number of hydrogen-bond donors (Lipinski definition) is 0. The molecule has 0 aromatic heterocycles. The summed E-state index contributed by atoms with van der Waals surface area (Å²) < 4.78 is 0. The molecule has 2 aliphatic heterocycles. The summed E-state index contributed by atoms with van der Waals surface area (Å²) in [6, 6.07) is 0. The first-order valence-corrected chi connectivity index (χ1v) is 6.77. The second-order valence-electron chi connectivity index (χ2n) is 7.56. The highest BCUT2D eigenvalue weighted by atomic mass is 16.2. The van der Waals surface area contributed by atoms with E-state index in [9.17, 15) is 4.79 Å². The summed E-state index contributed by atoms with van der Waals surface area (Å²) >= 11 is 0. The Kier molecular flexibility index (Phi) is 2.07. The lowest BCUT2D eigenvalue weighted by molar-refractivity contribution is -0.144. The number of nitrogens with zero attached hydrogens (tertiary/aromatic N) is 2. The number of hydrogen-bond acceptors (Lipinski definition) is 2. The van der Waals surface area contributed by atoms with Crippen LogP contribution in [-0.2, 0) is 4.79 Å². The first-order chi connectivity index (χ1) is 7.78. The summed E-state index contributed by atoms with van der Waals surface area (Å²) in [5.74, 6) is 0.294. The lowest BCUT2D eigenvalue weighted by Crippen LogP contribution is -2.65. The maximum Gasteiger partial charge on any atom is 0.236 e. The van der Waals surface area contributed by atoms with E-state index >= 15 is 0 Å². The molecule has 1 amide bonds. The van der Waals surface area contributed by atoms with Crippen molar-refractivity contribution < 1.29 is 4.79 Å². The highest BCUT2D eigenvalue weighted by Crippen LogP contribution is 2.62. The second kappa shape index (κ2) is 3.05. The van der Waals surface area contributed by atoms with Gasteiger partial charge in [-0.25, -0.2) is 0 Å². The average molecular weight is 236 g/mol. The summed E-state index contributed by atoms with van der Waals surface area (Å²) in [5.41, 5.74) is 1.03. The summed E-state index contributed by atoms with van der Waals surface area (Å²) in [6.07, 6.45) is 4.04. The topological polar surface area (TPSA) is 23.6 Å². The third-order valence-electron chi connectivity index (χ3n) is 5.40. The Morgan fingerprint density at radius 2 is 1.82 bits per heavy atom. The van der Waals surface area contributed by atoms with Crippen LogP contribution in [0.3, 0.4) is 0 Å². The standard InChI is InChI=1S/C14H24N2O/c1-12(2,3)14-8-13(5-6-13)9-16(14)7-11(17)15(4)10-14/h5-10H2,1-4H3. The van der Waals surface area contributed by atoms with Crippen molar-refractivity contribution in [3.8, 4) is 0 Å². The van der Waals surface area contributed by atoms with Crippen molar-refractivity contribution in [2.75, 3.05) is 26.7 Å². The van der Waals surface area contributed by atoms with Gasteiger partial charge < -0.3 is 4.90 Å². The zero-order chi connectivity index (χ0) is 12.5. The predicted molar refractivity (Wildman–Crippen MR) is 67.7 cm³/mol. The molecule has 0 aromatic carbocycles. The van der Waals surface area contributed by atoms with Crippen LogP contribution in [0.1, 0.15) is 40.0 Å². The van der Waals surface area contributed by atoms with Crippen molar-refractivity contribution in [1.82, 2.24) is 9.80 Å². The van der Waals surface area contributed by atoms with Gasteiger partial charge in [0, 0.05) is 25.7 Å². The average Bonchev–Trinajstić information content (AvgIpc) is 2.82. The lowest BCUT2D eigenvalue weighted by Gasteiger charge is -2.53. The normalized spacial score (nSPS) is 36.5. The maximum absolute atomic E-state index is 11.9. The van der Waals surface area contributed by atoms with Gasteiger partial charge in [0.15, 0.2) is 0 Å². The predicted octanol–water partition coefficient (Wildman–Crippen LogP) is 1.73. The molecule has 1 atom stereocenters. The molecule has 0 radical (unpaired) electrons. The van der Waals surface area contributed by atoms with E-state index in [0.717, 1.165) is 13.1 Å². The number of amides is 1. The molecule has 1 aliphatic carbocycles. The van der Waals surface area contributed by atoms with Crippen molar-refractivity contribution in [2.45, 2.75) is 45.6 Å². The maximum atomic E-state index is 11.9. The number of carbonyl (C=O) groups excluding carboxylic acids is 1. The molecule has 2 saturated heterocycles. The number of piperazine rings is 1. The summed E-state index contributed by atoms with van der Waals surface area (Å²) in [7, 11) is 1.96. The lowest BCUT2D eigenvalue weighted by atomic mass is 9.69. The monoisotopic (exact) mass is 236 g/mol. The SMILES string of the molecule is CN1CC2(C(C)(C)C)CC3(CC3)CN2CC1=O. The second-order valence-corrected chi connectivity index (χ2v) is 7.56. The minimum absolute atomic E-state index is 0.214. The van der Waals surface area contributed by atoms with Gasteiger partial charge in [0.05, 0.1) is 6.54 Å². The molecule has 3 aliphatic rings. The molecular weight excluding hydrogens is 212 g/mol. The van der Waals surface area contributed by atoms with Gasteiger partial charge in [0.25, 0.3) is 0 Å². The van der Waals surface area contributed by atoms with E-state index in [1.54, 1.807) is 0 Å². The fraction of sp³-hybridized carbons (Fsp3) is 0.929. The Hall–Kier alpha value is -0.570. The van der Waals surface area contributed by atoms with E-state index in [0.29, 0.717) is 17.9 Å². The molecule has 3 nitrogen and oxygen atoms in total. The van der Waals surface area contributed by atoms with Crippen LogP contribution in [0.4, 0.5) is 0 Å². The first-order valence-electron chi connectivity index (χ1n) is 6.77. The minimum atomic E-state index is 0.214. The van der Waals surface area contributed by atoms with E-state index < -0.39 is 0 Å². The third kappa shape index (κ3) is 1.48. The number of likely N-dealkylation sites (N-methyl/N-ethyl adjacent to an activating group) is 1. The van der Waals surface area contributed by atoms with Crippen molar-refractivity contribution in [2.24, 2.45) is 10.8 Å². The van der Waals surface area contributed by atoms with Crippen LogP contribution >= 0.6 is 0 Å². The van der Waals surface area contributed by atoms with Gasteiger partial charge in [-0.15, -0.1) is 0 Å². The number of rotatable bonds is 0. The molecule has 2 heterocycles. The van der Waals surface area contributed by atoms with Crippen molar-refractivity contribution in [3.63, 3.8) is 0 Å². The first kappa shape index (κ1) is 11.5. The molecule has 1 spiro atoms. The molecule has 3 rings (SSSR count). The Labute approximate surface area is 104 Å². The van der Waals surface area contributed by atoms with E-state index in [1.807, 2.05) is 11.9 Å². The highest BCUT2D eigenvalue weighted by Gasteiger charge is 2.64. The van der Waals surface area contributed by atoms with E-state index in [-0.39, 0.29) is 11.0 Å². The van der Waals surface area contributed by atoms with Crippen LogP contribution < -0.4 is 0 Å². The van der Waals surface area contributed by atoms with Crippen molar-refractivity contribution >= 4 is 5.91 Å². The number of fused-ring (bicyclic) bond motifs is 1. The Bertz CT molecular complexity index is 367. The van der Waals surface area contributed by atoms with Crippen LogP contribution in [0.2, 0.25) is 0 Å². The van der Waals surface area contributed by atoms with Crippen LogP contribution in [0.25, 0.3) is 0 Å². The molecule has 0 aromatic rings. The molecule has 0 bridgehead atoms. The molecule has 1 unspecified atom stereocenters. The van der Waals surface area contributed by atoms with Gasteiger partial charge >= 0.3 is 0 Å². The van der Waals surface area contributed by atoms with E-state index in [2.05, 4.69) is 25.7 Å². The summed E-state index contributed by atoms with van der Waals surface area (Å²) in [4.78, 5) is 16.4. The van der Waals surface area contributed by atoms with Crippen LogP contribution in [-0.4, -0.2) is 47.9 Å². The molecule has 0 N–H and O–H groups in total. The zero-order valence-electron chi connectivity index (χ0n) is 11.5. The smallest absolute Gasteiger partial charge is 0.236 e. The zero-order valence-corrected chi connectivity index (χ0v) is 11.5. The molecule has 17 heavy (non-hydrogen) atoms. The minimum Gasteiger partial charge on any atom is -0.343 e. The Balaban J connectivity index is 1.98. The van der Waals surface area contributed by atoms with Gasteiger partial charge in [-0.2, -0.15) is 0 Å². The van der Waals surface area contributed by atoms with Crippen LogP contribution in [0, 0.1) is 10.8 Å². The van der Waals surface area contributed by atoms with Gasteiger partial charge in [-0.1, -0.05) is 20.8 Å². The molecule has 96 valence electrons. The van der Waals surface area contributed by atoms with Crippen LogP contribution in [0.15, 0.2) is 0 Å². The largest absolute Gasteiger partial charge is 0.343 e. The van der Waals surface area contributed by atoms with Crippen LogP contribution in [0.5, 0.6) is 0 Å². The Morgan fingerprint density at radius 1 is 1.18 bits per heavy atom. The quantitative estimate of drug-likeness (QED) is 0.639. The number of carbonyl (C=O) groups is 1. The van der Waals surface area contributed by atoms with E-state index in [1.165, 1.54) is 19.3 Å². The van der Waals surface area contributed by atoms with Gasteiger partial charge in [-0.05, 0) is 30.1 Å². The molecular formula is C14H24N2O. The summed E-state index contributed by atoms with van der Waals surface area (Å²) in [6.45, 7) is 9.72. The molecule has 1 saturated carbocycles. The van der Waals surface area contributed by atoms with Gasteiger partial charge in [-0.3, -0.25) is 9.69 Å². The molecule has 3 heteroatoms.